The van der Waals surface area contributed by atoms with E-state index in [2.05, 4.69) is 9.97 Å². The van der Waals surface area contributed by atoms with Crippen LogP contribution in [-0.4, -0.2) is 26.2 Å². The van der Waals surface area contributed by atoms with Crippen LogP contribution in [0.1, 0.15) is 10.4 Å². The van der Waals surface area contributed by atoms with Crippen molar-refractivity contribution in [2.24, 2.45) is 0 Å². The number of rotatable bonds is 1. The van der Waals surface area contributed by atoms with Gasteiger partial charge in [-0.3, -0.25) is 0 Å². The van der Waals surface area contributed by atoms with Crippen molar-refractivity contribution < 1.29 is 15.0 Å². The summed E-state index contributed by atoms with van der Waals surface area (Å²) in [6.07, 6.45) is 1.39. The normalized spacial score (nSPS) is 10.5. The van der Waals surface area contributed by atoms with Crippen LogP contribution in [0.15, 0.2) is 18.5 Å². The lowest BCUT2D eigenvalue weighted by atomic mass is 10.1. The first kappa shape index (κ1) is 7.60. The molecule has 0 fully saturated rings. The van der Waals surface area contributed by atoms with Gasteiger partial charge in [-0.15, -0.1) is 0 Å². The first-order chi connectivity index (χ1) is 6.20. The van der Waals surface area contributed by atoms with Crippen LogP contribution in [-0.2, 0) is 0 Å². The number of hydrogen-bond donors (Lipinski definition) is 3. The lowest BCUT2D eigenvalue weighted by Crippen LogP contribution is -1.97. The minimum absolute atomic E-state index is 0.168. The summed E-state index contributed by atoms with van der Waals surface area (Å²) in [4.78, 5) is 17.3. The number of imidazole rings is 1. The highest BCUT2D eigenvalue weighted by Gasteiger charge is 2.15. The van der Waals surface area contributed by atoms with E-state index in [1.165, 1.54) is 12.4 Å². The fourth-order valence-corrected chi connectivity index (χ4v) is 1.21. The van der Waals surface area contributed by atoms with Gasteiger partial charge in [0.25, 0.3) is 0 Å². The first-order valence-electron chi connectivity index (χ1n) is 3.58. The SMILES string of the molecule is O=C(O)c1c(O)ccc2[nH]cnc12. The molecule has 0 aliphatic heterocycles. The van der Waals surface area contributed by atoms with Crippen molar-refractivity contribution in [3.63, 3.8) is 0 Å². The first-order valence-corrected chi connectivity index (χ1v) is 3.58. The number of H-pyrrole nitrogens is 1. The molecule has 0 atom stereocenters. The van der Waals surface area contributed by atoms with Crippen LogP contribution in [0.4, 0.5) is 0 Å². The fraction of sp³-hybridized carbons (Fsp3) is 0. The molecule has 2 rings (SSSR count). The lowest BCUT2D eigenvalue weighted by Gasteiger charge is -1.98. The highest BCUT2D eigenvalue weighted by atomic mass is 16.4. The number of benzene rings is 1. The van der Waals surface area contributed by atoms with Gasteiger partial charge in [0, 0.05) is 0 Å². The third-order valence-corrected chi connectivity index (χ3v) is 1.78. The Hall–Kier alpha value is -2.04. The minimum atomic E-state index is -1.18. The second-order valence-corrected chi connectivity index (χ2v) is 2.56. The van der Waals surface area contributed by atoms with Crippen molar-refractivity contribution in [3.8, 4) is 5.75 Å². The van der Waals surface area contributed by atoms with Gasteiger partial charge < -0.3 is 15.2 Å². The molecule has 0 spiro atoms. The quantitative estimate of drug-likeness (QED) is 0.607. The van der Waals surface area contributed by atoms with Crippen LogP contribution >= 0.6 is 0 Å². The molecule has 66 valence electrons. The molecular formula is C8H6N2O3. The van der Waals surface area contributed by atoms with Crippen LogP contribution in [0.3, 0.4) is 0 Å². The zero-order valence-electron chi connectivity index (χ0n) is 6.48. The van der Waals surface area contributed by atoms with Gasteiger partial charge in [-0.25, -0.2) is 9.78 Å². The molecule has 1 aromatic heterocycles. The summed E-state index contributed by atoms with van der Waals surface area (Å²) >= 11 is 0. The van der Waals surface area contributed by atoms with Gasteiger partial charge in [-0.1, -0.05) is 0 Å². The van der Waals surface area contributed by atoms with Gasteiger partial charge in [0.1, 0.15) is 16.8 Å². The number of hydrogen-bond acceptors (Lipinski definition) is 3. The number of nitrogens with one attached hydrogen (secondary N) is 1. The number of aromatic amines is 1. The predicted octanol–water partition coefficient (Wildman–Crippen LogP) is 0.967. The Kier molecular flexibility index (Phi) is 1.45. The smallest absolute Gasteiger partial charge is 0.341 e. The Morgan fingerprint density at radius 1 is 1.46 bits per heavy atom. The molecule has 3 N–H and O–H groups in total. The lowest BCUT2D eigenvalue weighted by molar-refractivity contribution is 0.0696. The van der Waals surface area contributed by atoms with Crippen molar-refractivity contribution in [1.29, 1.82) is 0 Å². The second-order valence-electron chi connectivity index (χ2n) is 2.56. The Morgan fingerprint density at radius 2 is 2.23 bits per heavy atom. The molecule has 5 nitrogen and oxygen atoms in total. The Labute approximate surface area is 72.7 Å². The molecule has 0 bridgehead atoms. The van der Waals surface area contributed by atoms with Gasteiger partial charge >= 0.3 is 5.97 Å². The third kappa shape index (κ3) is 1.01. The maximum absolute atomic E-state index is 10.7. The number of carboxylic acids is 1. The monoisotopic (exact) mass is 178 g/mol. The van der Waals surface area contributed by atoms with E-state index in [-0.39, 0.29) is 16.8 Å². The molecule has 1 aromatic carbocycles. The van der Waals surface area contributed by atoms with Crippen molar-refractivity contribution in [2.75, 3.05) is 0 Å². The number of carboxylic acid groups (broad SMARTS) is 1. The molecule has 0 saturated carbocycles. The van der Waals surface area contributed by atoms with E-state index in [0.29, 0.717) is 5.52 Å². The zero-order valence-corrected chi connectivity index (χ0v) is 6.48. The van der Waals surface area contributed by atoms with Crippen LogP contribution in [0.5, 0.6) is 5.75 Å². The van der Waals surface area contributed by atoms with Crippen LogP contribution in [0.25, 0.3) is 11.0 Å². The average molecular weight is 178 g/mol. The van der Waals surface area contributed by atoms with E-state index in [1.54, 1.807) is 6.07 Å². The summed E-state index contributed by atoms with van der Waals surface area (Å²) in [7, 11) is 0. The molecule has 0 aliphatic carbocycles. The molecular weight excluding hydrogens is 172 g/mol. The maximum Gasteiger partial charge on any atom is 0.341 e. The zero-order chi connectivity index (χ0) is 9.42. The fourth-order valence-electron chi connectivity index (χ4n) is 1.21. The van der Waals surface area contributed by atoms with E-state index < -0.39 is 5.97 Å². The molecule has 0 radical (unpaired) electrons. The van der Waals surface area contributed by atoms with E-state index >= 15 is 0 Å². The summed E-state index contributed by atoms with van der Waals surface area (Å²) < 4.78 is 0. The van der Waals surface area contributed by atoms with Crippen molar-refractivity contribution in [3.05, 3.63) is 24.0 Å². The van der Waals surface area contributed by atoms with Crippen molar-refractivity contribution >= 4 is 17.0 Å². The van der Waals surface area contributed by atoms with Gasteiger partial charge in [0.15, 0.2) is 0 Å². The molecule has 0 amide bonds. The van der Waals surface area contributed by atoms with E-state index in [0.717, 1.165) is 0 Å². The maximum atomic E-state index is 10.7. The highest BCUT2D eigenvalue weighted by molar-refractivity contribution is 6.03. The number of aromatic hydroxyl groups is 1. The number of phenols is 1. The topological polar surface area (TPSA) is 86.2 Å². The number of carbonyl (C=O) groups is 1. The largest absolute Gasteiger partial charge is 0.507 e. The summed E-state index contributed by atoms with van der Waals surface area (Å²) in [5.74, 6) is -1.46. The highest BCUT2D eigenvalue weighted by Crippen LogP contribution is 2.24. The minimum Gasteiger partial charge on any atom is -0.507 e. The average Bonchev–Trinajstić information content (AvgIpc) is 2.50. The molecule has 0 unspecified atom stereocenters. The van der Waals surface area contributed by atoms with Gasteiger partial charge in [-0.05, 0) is 12.1 Å². The predicted molar refractivity (Wildman–Crippen MR) is 44.7 cm³/mol. The van der Waals surface area contributed by atoms with E-state index in [4.69, 9.17) is 5.11 Å². The summed E-state index contributed by atoms with van der Waals surface area (Å²) in [6.45, 7) is 0. The molecule has 0 saturated heterocycles. The summed E-state index contributed by atoms with van der Waals surface area (Å²) in [5, 5.41) is 18.0. The van der Waals surface area contributed by atoms with E-state index in [9.17, 15) is 9.90 Å². The van der Waals surface area contributed by atoms with Crippen LogP contribution < -0.4 is 0 Å². The van der Waals surface area contributed by atoms with Crippen LogP contribution in [0.2, 0.25) is 0 Å². The van der Waals surface area contributed by atoms with Gasteiger partial charge in [0.05, 0.1) is 11.8 Å². The Morgan fingerprint density at radius 3 is 2.92 bits per heavy atom. The number of aromatic nitrogens is 2. The van der Waals surface area contributed by atoms with Crippen molar-refractivity contribution in [2.45, 2.75) is 0 Å². The molecule has 13 heavy (non-hydrogen) atoms. The standard InChI is InChI=1S/C8H6N2O3/c11-5-2-1-4-7(10-3-9-4)6(5)8(12)13/h1-3,11H,(H,9,10)(H,12,13). The van der Waals surface area contributed by atoms with Gasteiger partial charge in [0.2, 0.25) is 0 Å². The summed E-state index contributed by atoms with van der Waals surface area (Å²) in [6, 6.07) is 2.90. The number of aromatic carboxylic acids is 1. The van der Waals surface area contributed by atoms with Crippen LogP contribution in [0, 0.1) is 0 Å². The van der Waals surface area contributed by atoms with E-state index in [1.807, 2.05) is 0 Å². The molecule has 0 aliphatic rings. The van der Waals surface area contributed by atoms with Gasteiger partial charge in [-0.2, -0.15) is 0 Å². The Bertz CT molecular complexity index is 475. The summed E-state index contributed by atoms with van der Waals surface area (Å²) in [5.41, 5.74) is 0.696. The molecule has 2 aromatic rings. The third-order valence-electron chi connectivity index (χ3n) is 1.78. The number of nitrogens with zero attached hydrogens (tertiary/aromatic N) is 1. The second kappa shape index (κ2) is 2.48. The van der Waals surface area contributed by atoms with Crippen molar-refractivity contribution in [1.82, 2.24) is 9.97 Å². The Balaban J connectivity index is 2.88. The molecule has 5 heteroatoms. The molecule has 1 heterocycles. The number of fused-ring (bicyclic) bond motifs is 1.